The van der Waals surface area contributed by atoms with Crippen LogP contribution in [0.4, 0.5) is 4.39 Å². The summed E-state index contributed by atoms with van der Waals surface area (Å²) in [5.74, 6) is -0.265. The molecule has 0 aliphatic carbocycles. The molecule has 0 bridgehead atoms. The second-order valence-corrected chi connectivity index (χ2v) is 6.20. The van der Waals surface area contributed by atoms with Crippen molar-refractivity contribution >= 4 is 0 Å². The SMILES string of the molecule is CC(NCc1cnn(-c2ccc(F)cc2)c1)C(O)Cc1ccccc1. The quantitative estimate of drug-likeness (QED) is 0.695. The van der Waals surface area contributed by atoms with Gasteiger partial charge in [0, 0.05) is 24.3 Å². The molecule has 3 aromatic rings. The van der Waals surface area contributed by atoms with Crippen molar-refractivity contribution in [2.24, 2.45) is 0 Å². The van der Waals surface area contributed by atoms with E-state index in [0.29, 0.717) is 13.0 Å². The maximum atomic E-state index is 13.0. The van der Waals surface area contributed by atoms with Crippen LogP contribution in [-0.4, -0.2) is 27.0 Å². The van der Waals surface area contributed by atoms with Gasteiger partial charge >= 0.3 is 0 Å². The molecule has 0 saturated heterocycles. The third kappa shape index (κ3) is 4.75. The van der Waals surface area contributed by atoms with Gasteiger partial charge in [-0.15, -0.1) is 0 Å². The summed E-state index contributed by atoms with van der Waals surface area (Å²) in [7, 11) is 0. The highest BCUT2D eigenvalue weighted by Crippen LogP contribution is 2.10. The number of nitrogens with one attached hydrogen (secondary N) is 1. The second kappa shape index (κ2) is 8.05. The van der Waals surface area contributed by atoms with Crippen molar-refractivity contribution in [1.82, 2.24) is 15.1 Å². The molecule has 2 aromatic carbocycles. The molecular formula is C20H22FN3O. The lowest BCUT2D eigenvalue weighted by Crippen LogP contribution is -2.38. The zero-order valence-corrected chi connectivity index (χ0v) is 14.1. The highest BCUT2D eigenvalue weighted by atomic mass is 19.1. The number of halogens is 1. The molecule has 0 aliphatic rings. The summed E-state index contributed by atoms with van der Waals surface area (Å²) in [4.78, 5) is 0. The number of benzene rings is 2. The van der Waals surface area contributed by atoms with Gasteiger partial charge in [0.1, 0.15) is 5.82 Å². The number of aliphatic hydroxyl groups excluding tert-OH is 1. The molecular weight excluding hydrogens is 317 g/mol. The third-order valence-corrected chi connectivity index (χ3v) is 4.22. The van der Waals surface area contributed by atoms with Crippen molar-refractivity contribution < 1.29 is 9.50 Å². The number of rotatable bonds is 7. The number of hydrogen-bond acceptors (Lipinski definition) is 3. The van der Waals surface area contributed by atoms with E-state index in [1.165, 1.54) is 12.1 Å². The lowest BCUT2D eigenvalue weighted by Gasteiger charge is -2.20. The van der Waals surface area contributed by atoms with Crippen LogP contribution in [0.25, 0.3) is 5.69 Å². The maximum Gasteiger partial charge on any atom is 0.123 e. The van der Waals surface area contributed by atoms with Crippen molar-refractivity contribution in [1.29, 1.82) is 0 Å². The van der Waals surface area contributed by atoms with Gasteiger partial charge < -0.3 is 10.4 Å². The Morgan fingerprint density at radius 2 is 1.80 bits per heavy atom. The lowest BCUT2D eigenvalue weighted by molar-refractivity contribution is 0.134. The molecule has 1 aromatic heterocycles. The van der Waals surface area contributed by atoms with E-state index in [9.17, 15) is 9.50 Å². The number of aliphatic hydroxyl groups is 1. The van der Waals surface area contributed by atoms with Crippen LogP contribution in [0.2, 0.25) is 0 Å². The van der Waals surface area contributed by atoms with Gasteiger partial charge in [-0.2, -0.15) is 5.10 Å². The minimum Gasteiger partial charge on any atom is -0.391 e. The fraction of sp³-hybridized carbons (Fsp3) is 0.250. The molecule has 0 spiro atoms. The van der Waals surface area contributed by atoms with E-state index < -0.39 is 6.10 Å². The van der Waals surface area contributed by atoms with Crippen molar-refractivity contribution in [3.05, 3.63) is 83.9 Å². The topological polar surface area (TPSA) is 50.1 Å². The predicted octanol–water partition coefficient (Wildman–Crippen LogP) is 3.09. The first-order valence-corrected chi connectivity index (χ1v) is 8.36. The minimum atomic E-state index is -0.463. The standard InChI is InChI=1S/C20H22FN3O/c1-15(20(25)11-16-5-3-2-4-6-16)22-12-17-13-23-24(14-17)19-9-7-18(21)8-10-19/h2-10,13-15,20,22,25H,11-12H2,1H3. The Bertz CT molecular complexity index is 786. The van der Waals surface area contributed by atoms with Crippen LogP contribution in [0.3, 0.4) is 0 Å². The summed E-state index contributed by atoms with van der Waals surface area (Å²) >= 11 is 0. The number of nitrogens with zero attached hydrogens (tertiary/aromatic N) is 2. The van der Waals surface area contributed by atoms with Crippen LogP contribution in [0, 0.1) is 5.82 Å². The fourth-order valence-corrected chi connectivity index (χ4v) is 2.63. The van der Waals surface area contributed by atoms with E-state index in [2.05, 4.69) is 10.4 Å². The van der Waals surface area contributed by atoms with Crippen LogP contribution in [0.5, 0.6) is 0 Å². The number of hydrogen-bond donors (Lipinski definition) is 2. The van der Waals surface area contributed by atoms with Gasteiger partial charge in [0.05, 0.1) is 18.0 Å². The monoisotopic (exact) mass is 339 g/mol. The highest BCUT2D eigenvalue weighted by Gasteiger charge is 2.14. The molecule has 0 radical (unpaired) electrons. The molecule has 1 heterocycles. The van der Waals surface area contributed by atoms with E-state index in [0.717, 1.165) is 16.8 Å². The Hall–Kier alpha value is -2.50. The molecule has 5 heteroatoms. The van der Waals surface area contributed by atoms with E-state index in [-0.39, 0.29) is 11.9 Å². The molecule has 0 fully saturated rings. The van der Waals surface area contributed by atoms with Gasteiger partial charge in [-0.25, -0.2) is 9.07 Å². The first-order chi connectivity index (χ1) is 12.1. The van der Waals surface area contributed by atoms with Crippen molar-refractivity contribution in [2.45, 2.75) is 32.0 Å². The summed E-state index contributed by atoms with van der Waals surface area (Å²) in [5, 5.41) is 18.0. The van der Waals surface area contributed by atoms with E-state index in [4.69, 9.17) is 0 Å². The smallest absolute Gasteiger partial charge is 0.123 e. The summed E-state index contributed by atoms with van der Waals surface area (Å²) in [6.45, 7) is 2.58. The Balaban J connectivity index is 1.53. The Kier molecular flexibility index (Phi) is 5.58. The third-order valence-electron chi connectivity index (χ3n) is 4.22. The fourth-order valence-electron chi connectivity index (χ4n) is 2.63. The van der Waals surface area contributed by atoms with Crippen LogP contribution < -0.4 is 5.32 Å². The highest BCUT2D eigenvalue weighted by molar-refractivity contribution is 5.31. The van der Waals surface area contributed by atoms with Crippen LogP contribution in [0.1, 0.15) is 18.1 Å². The van der Waals surface area contributed by atoms with Crippen LogP contribution in [0.15, 0.2) is 67.0 Å². The molecule has 0 saturated carbocycles. The largest absolute Gasteiger partial charge is 0.391 e. The zero-order chi connectivity index (χ0) is 17.6. The summed E-state index contributed by atoms with van der Waals surface area (Å²) < 4.78 is 14.7. The molecule has 0 amide bonds. The van der Waals surface area contributed by atoms with Crippen LogP contribution in [-0.2, 0) is 13.0 Å². The van der Waals surface area contributed by atoms with E-state index in [1.54, 1.807) is 23.0 Å². The maximum absolute atomic E-state index is 13.0. The molecule has 130 valence electrons. The molecule has 2 atom stereocenters. The normalized spacial score (nSPS) is 13.6. The number of aromatic nitrogens is 2. The average Bonchev–Trinajstić information content (AvgIpc) is 3.10. The molecule has 0 aliphatic heterocycles. The molecule has 3 rings (SSSR count). The van der Waals surface area contributed by atoms with Gasteiger partial charge in [-0.1, -0.05) is 30.3 Å². The van der Waals surface area contributed by atoms with E-state index in [1.807, 2.05) is 43.5 Å². The zero-order valence-electron chi connectivity index (χ0n) is 14.1. The van der Waals surface area contributed by atoms with Gasteiger partial charge in [-0.05, 0) is 43.2 Å². The van der Waals surface area contributed by atoms with Gasteiger partial charge in [0.15, 0.2) is 0 Å². The Morgan fingerprint density at radius 3 is 2.52 bits per heavy atom. The molecule has 4 nitrogen and oxygen atoms in total. The first-order valence-electron chi connectivity index (χ1n) is 8.36. The Morgan fingerprint density at radius 1 is 1.08 bits per heavy atom. The Labute approximate surface area is 146 Å². The van der Waals surface area contributed by atoms with Crippen molar-refractivity contribution in [3.63, 3.8) is 0 Å². The summed E-state index contributed by atoms with van der Waals surface area (Å²) in [6, 6.07) is 16.1. The molecule has 2 unspecified atom stereocenters. The lowest BCUT2D eigenvalue weighted by atomic mass is 10.0. The molecule has 2 N–H and O–H groups in total. The predicted molar refractivity (Wildman–Crippen MR) is 96.0 cm³/mol. The second-order valence-electron chi connectivity index (χ2n) is 6.20. The van der Waals surface area contributed by atoms with Gasteiger partial charge in [0.25, 0.3) is 0 Å². The van der Waals surface area contributed by atoms with Crippen LogP contribution >= 0.6 is 0 Å². The van der Waals surface area contributed by atoms with Gasteiger partial charge in [-0.3, -0.25) is 0 Å². The summed E-state index contributed by atoms with van der Waals surface area (Å²) in [6.07, 6.45) is 3.82. The van der Waals surface area contributed by atoms with Crippen molar-refractivity contribution in [2.75, 3.05) is 0 Å². The average molecular weight is 339 g/mol. The first kappa shape index (κ1) is 17.3. The summed E-state index contributed by atoms with van der Waals surface area (Å²) in [5.41, 5.74) is 2.93. The van der Waals surface area contributed by atoms with E-state index >= 15 is 0 Å². The molecule has 25 heavy (non-hydrogen) atoms. The van der Waals surface area contributed by atoms with Crippen molar-refractivity contribution in [3.8, 4) is 5.69 Å². The van der Waals surface area contributed by atoms with Gasteiger partial charge in [0.2, 0.25) is 0 Å². The minimum absolute atomic E-state index is 0.0469.